The Labute approximate surface area is 102 Å². The highest BCUT2D eigenvalue weighted by atomic mass is 28.3. The van der Waals surface area contributed by atoms with E-state index in [2.05, 4.69) is 36.1 Å². The van der Waals surface area contributed by atoms with Gasteiger partial charge in [-0.3, -0.25) is 4.79 Å². The highest BCUT2D eigenvalue weighted by molar-refractivity contribution is 6.83. The van der Waals surface area contributed by atoms with E-state index >= 15 is 0 Å². The number of carbonyl (C=O) groups is 1. The Morgan fingerprint density at radius 3 is 2.82 bits per heavy atom. The lowest BCUT2D eigenvalue weighted by Crippen LogP contribution is -2.16. The van der Waals surface area contributed by atoms with Crippen molar-refractivity contribution in [3.63, 3.8) is 0 Å². The second-order valence-corrected chi connectivity index (χ2v) is 9.71. The Hall–Kier alpha value is -1.86. The summed E-state index contributed by atoms with van der Waals surface area (Å²) in [6, 6.07) is 3.85. The molecule has 2 heterocycles. The summed E-state index contributed by atoms with van der Waals surface area (Å²) in [6.45, 7) is 6.61. The van der Waals surface area contributed by atoms with Crippen LogP contribution in [0, 0.1) is 11.5 Å². The van der Waals surface area contributed by atoms with Gasteiger partial charge < -0.3 is 4.40 Å². The number of carbonyl (C=O) groups excluding carboxylic acids is 1. The summed E-state index contributed by atoms with van der Waals surface area (Å²) in [4.78, 5) is 14.8. The predicted octanol–water partition coefficient (Wildman–Crippen LogP) is 2.38. The van der Waals surface area contributed by atoms with Gasteiger partial charge in [0.25, 0.3) is 0 Å². The molecule has 0 atom stereocenters. The van der Waals surface area contributed by atoms with E-state index in [9.17, 15) is 4.79 Å². The molecule has 0 amide bonds. The van der Waals surface area contributed by atoms with Crippen LogP contribution in [0.15, 0.2) is 24.7 Å². The van der Waals surface area contributed by atoms with Crippen molar-refractivity contribution in [2.45, 2.75) is 19.6 Å². The van der Waals surface area contributed by atoms with Crippen molar-refractivity contribution in [2.24, 2.45) is 0 Å². The van der Waals surface area contributed by atoms with E-state index in [4.69, 9.17) is 0 Å². The Morgan fingerprint density at radius 1 is 1.41 bits per heavy atom. The lowest BCUT2D eigenvalue weighted by Gasteiger charge is -2.03. The zero-order chi connectivity index (χ0) is 12.5. The minimum Gasteiger partial charge on any atom is -0.305 e. The molecular formula is C13H14N2OSi. The fourth-order valence-corrected chi connectivity index (χ4v) is 1.96. The van der Waals surface area contributed by atoms with Crippen LogP contribution in [0.5, 0.6) is 0 Å². The summed E-state index contributed by atoms with van der Waals surface area (Å²) in [5.74, 6) is 3.17. The number of hydrogen-bond donors (Lipinski definition) is 0. The Morgan fingerprint density at radius 2 is 2.18 bits per heavy atom. The third-order valence-corrected chi connectivity index (χ3v) is 3.14. The van der Waals surface area contributed by atoms with Gasteiger partial charge in [0.2, 0.25) is 0 Å². The first kappa shape index (κ1) is 11.6. The molecule has 2 aromatic rings. The van der Waals surface area contributed by atoms with Crippen LogP contribution in [0.1, 0.15) is 16.1 Å². The molecule has 3 nitrogen and oxygen atoms in total. The van der Waals surface area contributed by atoms with Gasteiger partial charge in [-0.1, -0.05) is 25.6 Å². The SMILES string of the molecule is C[Si](C)(C)C#Cc1ccn2cnc(C=O)c2c1. The van der Waals surface area contributed by atoms with Gasteiger partial charge in [-0.15, -0.1) is 5.54 Å². The van der Waals surface area contributed by atoms with Crippen molar-refractivity contribution < 1.29 is 4.79 Å². The monoisotopic (exact) mass is 242 g/mol. The summed E-state index contributed by atoms with van der Waals surface area (Å²) in [7, 11) is -1.37. The maximum atomic E-state index is 10.8. The van der Waals surface area contributed by atoms with Crippen LogP contribution in [0.25, 0.3) is 5.52 Å². The summed E-state index contributed by atoms with van der Waals surface area (Å²) in [5, 5.41) is 0. The van der Waals surface area contributed by atoms with Crippen molar-refractivity contribution in [3.05, 3.63) is 35.9 Å². The van der Waals surface area contributed by atoms with Crippen molar-refractivity contribution in [2.75, 3.05) is 0 Å². The molecular weight excluding hydrogens is 228 g/mol. The Bertz CT molecular complexity index is 626. The third kappa shape index (κ3) is 2.63. The highest BCUT2D eigenvalue weighted by Gasteiger charge is 2.08. The molecule has 0 aliphatic rings. The van der Waals surface area contributed by atoms with Crippen molar-refractivity contribution in [1.29, 1.82) is 0 Å². The molecule has 0 aliphatic carbocycles. The van der Waals surface area contributed by atoms with E-state index in [1.807, 2.05) is 22.7 Å². The largest absolute Gasteiger partial charge is 0.305 e. The summed E-state index contributed by atoms with van der Waals surface area (Å²) >= 11 is 0. The number of nitrogens with zero attached hydrogens (tertiary/aromatic N) is 2. The molecule has 0 bridgehead atoms. The van der Waals surface area contributed by atoms with Crippen LogP contribution in [-0.4, -0.2) is 23.7 Å². The van der Waals surface area contributed by atoms with E-state index in [0.717, 1.165) is 17.4 Å². The number of aromatic nitrogens is 2. The zero-order valence-electron chi connectivity index (χ0n) is 10.2. The van der Waals surface area contributed by atoms with E-state index in [-0.39, 0.29) is 0 Å². The lowest BCUT2D eigenvalue weighted by molar-refractivity contribution is 0.112. The van der Waals surface area contributed by atoms with Gasteiger partial charge in [-0.2, -0.15) is 0 Å². The van der Waals surface area contributed by atoms with E-state index in [1.54, 1.807) is 6.33 Å². The number of hydrogen-bond acceptors (Lipinski definition) is 2. The molecule has 0 N–H and O–H groups in total. The first-order valence-electron chi connectivity index (χ1n) is 5.45. The fraction of sp³-hybridized carbons (Fsp3) is 0.231. The Balaban J connectivity index is 2.49. The highest BCUT2D eigenvalue weighted by Crippen LogP contribution is 2.10. The quantitative estimate of drug-likeness (QED) is 0.437. The first-order chi connectivity index (χ1) is 7.99. The third-order valence-electron chi connectivity index (χ3n) is 2.26. The van der Waals surface area contributed by atoms with E-state index in [0.29, 0.717) is 5.69 Å². The van der Waals surface area contributed by atoms with Crippen LogP contribution >= 0.6 is 0 Å². The topological polar surface area (TPSA) is 34.4 Å². The van der Waals surface area contributed by atoms with Gasteiger partial charge in [-0.25, -0.2) is 4.98 Å². The molecule has 0 saturated carbocycles. The van der Waals surface area contributed by atoms with Crippen LogP contribution < -0.4 is 0 Å². The molecule has 86 valence electrons. The second-order valence-electron chi connectivity index (χ2n) is 4.96. The van der Waals surface area contributed by atoms with Gasteiger partial charge in [0, 0.05) is 11.8 Å². The average molecular weight is 242 g/mol. The fourth-order valence-electron chi connectivity index (χ4n) is 1.44. The molecule has 0 unspecified atom stereocenters. The molecule has 0 saturated heterocycles. The summed E-state index contributed by atoms with van der Waals surface area (Å²) < 4.78 is 1.82. The molecule has 2 rings (SSSR count). The van der Waals surface area contributed by atoms with Gasteiger partial charge in [0.05, 0.1) is 5.52 Å². The minimum atomic E-state index is -1.37. The van der Waals surface area contributed by atoms with Gasteiger partial charge in [0.15, 0.2) is 6.29 Å². The smallest absolute Gasteiger partial charge is 0.170 e. The number of rotatable bonds is 1. The average Bonchev–Trinajstić information content (AvgIpc) is 2.67. The van der Waals surface area contributed by atoms with E-state index in [1.165, 1.54) is 0 Å². The molecule has 0 aliphatic heterocycles. The van der Waals surface area contributed by atoms with Crippen LogP contribution in [0.3, 0.4) is 0 Å². The molecule has 0 radical (unpaired) electrons. The van der Waals surface area contributed by atoms with E-state index < -0.39 is 8.07 Å². The lowest BCUT2D eigenvalue weighted by atomic mass is 10.2. The van der Waals surface area contributed by atoms with Crippen LogP contribution in [0.4, 0.5) is 0 Å². The van der Waals surface area contributed by atoms with Gasteiger partial charge >= 0.3 is 0 Å². The summed E-state index contributed by atoms with van der Waals surface area (Å²) in [6.07, 6.45) is 4.28. The first-order valence-corrected chi connectivity index (χ1v) is 8.95. The summed E-state index contributed by atoms with van der Waals surface area (Å²) in [5.41, 5.74) is 5.50. The normalized spacial score (nSPS) is 11.0. The van der Waals surface area contributed by atoms with Crippen molar-refractivity contribution in [1.82, 2.24) is 9.38 Å². The molecule has 0 aromatic carbocycles. The molecule has 0 spiro atoms. The number of fused-ring (bicyclic) bond motifs is 1. The molecule has 0 fully saturated rings. The zero-order valence-corrected chi connectivity index (χ0v) is 11.2. The molecule has 2 aromatic heterocycles. The van der Waals surface area contributed by atoms with Crippen LogP contribution in [-0.2, 0) is 0 Å². The minimum absolute atomic E-state index is 0.460. The number of pyridine rings is 1. The Kier molecular flexibility index (Phi) is 2.86. The van der Waals surface area contributed by atoms with Crippen molar-refractivity contribution >= 4 is 19.9 Å². The van der Waals surface area contributed by atoms with Gasteiger partial charge in [-0.05, 0) is 12.1 Å². The standard InChI is InChI=1S/C13H14N2OSi/c1-17(2,3)7-5-11-4-6-15-10-14-12(9-16)13(15)8-11/h4,6,8-10H,1-3H3. The molecule has 17 heavy (non-hydrogen) atoms. The molecule has 4 heteroatoms. The number of aldehydes is 1. The maximum absolute atomic E-state index is 10.8. The van der Waals surface area contributed by atoms with Crippen molar-refractivity contribution in [3.8, 4) is 11.5 Å². The maximum Gasteiger partial charge on any atom is 0.170 e. The number of imidazole rings is 1. The predicted molar refractivity (Wildman–Crippen MR) is 70.8 cm³/mol. The second kappa shape index (κ2) is 4.19. The van der Waals surface area contributed by atoms with Crippen LogP contribution in [0.2, 0.25) is 19.6 Å². The van der Waals surface area contributed by atoms with Gasteiger partial charge in [0.1, 0.15) is 20.1 Å².